The summed E-state index contributed by atoms with van der Waals surface area (Å²) in [4.78, 5) is 32.3. The second-order valence-electron chi connectivity index (χ2n) is 8.99. The summed E-state index contributed by atoms with van der Waals surface area (Å²) in [6, 6.07) is 11.9. The van der Waals surface area contributed by atoms with Crippen LogP contribution in [0.4, 0.5) is 21.9 Å². The number of nitrogens with one attached hydrogen (secondary N) is 1. The summed E-state index contributed by atoms with van der Waals surface area (Å²) in [6.07, 6.45) is 0.833. The first-order valence-corrected chi connectivity index (χ1v) is 12.0. The SMILES string of the molecule is COc1ccc(NC(=O)N2CCN(c3cccc4c3CCOO4)CC2)cc1N1CCN(C)CC1. The number of likely N-dealkylation sites (N-methyl/N-ethyl adjacent to an activating group) is 1. The molecule has 2 saturated heterocycles. The van der Waals surface area contributed by atoms with Crippen LogP contribution in [0.1, 0.15) is 5.56 Å². The molecule has 2 aromatic rings. The molecule has 2 fully saturated rings. The largest absolute Gasteiger partial charge is 0.495 e. The highest BCUT2D eigenvalue weighted by atomic mass is 17.2. The maximum atomic E-state index is 13.0. The average molecular weight is 468 g/mol. The number of methoxy groups -OCH3 is 1. The number of ether oxygens (including phenoxy) is 1. The fourth-order valence-electron chi connectivity index (χ4n) is 4.84. The lowest BCUT2D eigenvalue weighted by Gasteiger charge is -2.37. The van der Waals surface area contributed by atoms with Crippen molar-refractivity contribution in [1.29, 1.82) is 0 Å². The Kier molecular flexibility index (Phi) is 6.64. The number of piperazine rings is 2. The lowest BCUT2D eigenvalue weighted by molar-refractivity contribution is -0.215. The van der Waals surface area contributed by atoms with E-state index >= 15 is 0 Å². The second-order valence-corrected chi connectivity index (χ2v) is 8.99. The Bertz CT molecular complexity index is 1020. The highest BCUT2D eigenvalue weighted by molar-refractivity contribution is 5.90. The standard InChI is InChI=1S/C25H33N5O4/c1-27-9-11-29(12-10-27)22-18-19(6-7-24(22)32-2)26-25(31)30-15-13-28(14-16-30)21-4-3-5-23-20(21)8-17-33-34-23/h3-7,18H,8-17H2,1-2H3,(H,26,31). The van der Waals surface area contributed by atoms with Crippen molar-refractivity contribution in [2.75, 3.05) is 88.2 Å². The number of fused-ring (bicyclic) bond motifs is 1. The molecule has 0 aromatic heterocycles. The number of hydrogen-bond acceptors (Lipinski definition) is 7. The quantitative estimate of drug-likeness (QED) is 0.694. The van der Waals surface area contributed by atoms with Gasteiger partial charge < -0.3 is 34.5 Å². The van der Waals surface area contributed by atoms with E-state index in [-0.39, 0.29) is 6.03 Å². The zero-order chi connectivity index (χ0) is 23.5. The molecule has 2 aromatic carbocycles. The Morgan fingerprint density at radius 2 is 1.68 bits per heavy atom. The molecule has 182 valence electrons. The molecule has 0 bridgehead atoms. The van der Waals surface area contributed by atoms with E-state index in [2.05, 4.69) is 33.1 Å². The van der Waals surface area contributed by atoms with Gasteiger partial charge in [-0.3, -0.25) is 0 Å². The molecule has 0 saturated carbocycles. The normalized spacial score (nSPS) is 18.8. The van der Waals surface area contributed by atoms with E-state index in [0.717, 1.165) is 68.6 Å². The second kappa shape index (κ2) is 9.99. The Balaban J connectivity index is 1.22. The van der Waals surface area contributed by atoms with Crippen LogP contribution >= 0.6 is 0 Å². The van der Waals surface area contributed by atoms with Gasteiger partial charge in [0.2, 0.25) is 0 Å². The van der Waals surface area contributed by atoms with E-state index in [4.69, 9.17) is 14.5 Å². The molecule has 2 amide bonds. The lowest BCUT2D eigenvalue weighted by atomic mass is 10.1. The van der Waals surface area contributed by atoms with Crippen LogP contribution in [0.15, 0.2) is 36.4 Å². The molecular weight excluding hydrogens is 434 g/mol. The molecule has 0 unspecified atom stereocenters. The molecule has 0 spiro atoms. The maximum Gasteiger partial charge on any atom is 0.321 e. The number of anilines is 3. The van der Waals surface area contributed by atoms with E-state index in [1.807, 2.05) is 35.2 Å². The lowest BCUT2D eigenvalue weighted by Crippen LogP contribution is -2.50. The summed E-state index contributed by atoms with van der Waals surface area (Å²) in [5.74, 6) is 1.62. The summed E-state index contributed by atoms with van der Waals surface area (Å²) in [5, 5.41) is 3.10. The minimum absolute atomic E-state index is 0.0685. The maximum absolute atomic E-state index is 13.0. The highest BCUT2D eigenvalue weighted by Crippen LogP contribution is 2.34. The van der Waals surface area contributed by atoms with Gasteiger partial charge in [-0.2, -0.15) is 4.89 Å². The van der Waals surface area contributed by atoms with Gasteiger partial charge in [-0.05, 0) is 37.4 Å². The van der Waals surface area contributed by atoms with Gasteiger partial charge in [0, 0.05) is 75.7 Å². The number of benzene rings is 2. The summed E-state index contributed by atoms with van der Waals surface area (Å²) in [5.41, 5.74) is 4.17. The third kappa shape index (κ3) is 4.71. The molecule has 0 aliphatic carbocycles. The summed E-state index contributed by atoms with van der Waals surface area (Å²) in [6.45, 7) is 7.33. The Morgan fingerprint density at radius 3 is 2.44 bits per heavy atom. The van der Waals surface area contributed by atoms with Crippen LogP contribution in [-0.2, 0) is 11.3 Å². The first-order valence-electron chi connectivity index (χ1n) is 12.0. The molecule has 9 nitrogen and oxygen atoms in total. The molecule has 0 radical (unpaired) electrons. The van der Waals surface area contributed by atoms with Crippen molar-refractivity contribution in [3.8, 4) is 11.5 Å². The van der Waals surface area contributed by atoms with Gasteiger partial charge in [-0.25, -0.2) is 4.79 Å². The van der Waals surface area contributed by atoms with E-state index in [0.29, 0.717) is 19.7 Å². The summed E-state index contributed by atoms with van der Waals surface area (Å²) >= 11 is 0. The topological polar surface area (TPSA) is 69.8 Å². The fourth-order valence-corrected chi connectivity index (χ4v) is 4.84. The van der Waals surface area contributed by atoms with Crippen LogP contribution in [0.3, 0.4) is 0 Å². The zero-order valence-corrected chi connectivity index (χ0v) is 20.0. The Morgan fingerprint density at radius 1 is 0.941 bits per heavy atom. The molecule has 34 heavy (non-hydrogen) atoms. The molecule has 5 rings (SSSR count). The van der Waals surface area contributed by atoms with Crippen molar-refractivity contribution in [2.45, 2.75) is 6.42 Å². The van der Waals surface area contributed by atoms with Crippen LogP contribution in [0.25, 0.3) is 0 Å². The third-order valence-corrected chi connectivity index (χ3v) is 6.87. The monoisotopic (exact) mass is 467 g/mol. The van der Waals surface area contributed by atoms with Gasteiger partial charge in [0.15, 0.2) is 5.75 Å². The smallest absolute Gasteiger partial charge is 0.321 e. The van der Waals surface area contributed by atoms with Crippen molar-refractivity contribution < 1.29 is 19.3 Å². The molecule has 0 atom stereocenters. The number of rotatable bonds is 4. The van der Waals surface area contributed by atoms with Crippen LogP contribution < -0.4 is 24.7 Å². The van der Waals surface area contributed by atoms with Gasteiger partial charge in [0.1, 0.15) is 5.75 Å². The number of amides is 2. The predicted molar refractivity (Wildman–Crippen MR) is 132 cm³/mol. The average Bonchev–Trinajstić information content (AvgIpc) is 2.89. The van der Waals surface area contributed by atoms with E-state index < -0.39 is 0 Å². The number of hydrogen-bond donors (Lipinski definition) is 1. The van der Waals surface area contributed by atoms with E-state index in [1.54, 1.807) is 7.11 Å². The molecule has 3 aliphatic rings. The third-order valence-electron chi connectivity index (χ3n) is 6.87. The zero-order valence-electron chi connectivity index (χ0n) is 20.0. The van der Waals surface area contributed by atoms with Crippen LogP contribution in [0.2, 0.25) is 0 Å². The number of carbonyl (C=O) groups is 1. The minimum atomic E-state index is -0.0685. The van der Waals surface area contributed by atoms with Crippen LogP contribution in [-0.4, -0.2) is 89.0 Å². The summed E-state index contributed by atoms with van der Waals surface area (Å²) in [7, 11) is 3.83. The van der Waals surface area contributed by atoms with Crippen molar-refractivity contribution in [2.24, 2.45) is 0 Å². The highest BCUT2D eigenvalue weighted by Gasteiger charge is 2.25. The fraction of sp³-hybridized carbons (Fsp3) is 0.480. The summed E-state index contributed by atoms with van der Waals surface area (Å²) < 4.78 is 5.59. The predicted octanol–water partition coefficient (Wildman–Crippen LogP) is 2.67. The van der Waals surface area contributed by atoms with Crippen LogP contribution in [0.5, 0.6) is 11.5 Å². The van der Waals surface area contributed by atoms with Crippen molar-refractivity contribution in [3.63, 3.8) is 0 Å². The number of urea groups is 1. The Hall–Kier alpha value is -3.17. The van der Waals surface area contributed by atoms with Gasteiger partial charge in [0.25, 0.3) is 0 Å². The molecule has 3 aliphatic heterocycles. The van der Waals surface area contributed by atoms with Gasteiger partial charge >= 0.3 is 6.03 Å². The molecular formula is C25H33N5O4. The van der Waals surface area contributed by atoms with Crippen molar-refractivity contribution >= 4 is 23.1 Å². The Labute approximate surface area is 200 Å². The van der Waals surface area contributed by atoms with Crippen molar-refractivity contribution in [1.82, 2.24) is 9.80 Å². The van der Waals surface area contributed by atoms with Gasteiger partial charge in [-0.15, -0.1) is 0 Å². The molecule has 3 heterocycles. The van der Waals surface area contributed by atoms with Crippen LogP contribution in [0, 0.1) is 0 Å². The van der Waals surface area contributed by atoms with Crippen molar-refractivity contribution in [3.05, 3.63) is 42.0 Å². The van der Waals surface area contributed by atoms with E-state index in [1.165, 1.54) is 11.3 Å². The van der Waals surface area contributed by atoms with Gasteiger partial charge in [0.05, 0.1) is 19.4 Å². The minimum Gasteiger partial charge on any atom is -0.495 e. The first-order chi connectivity index (χ1) is 16.6. The van der Waals surface area contributed by atoms with E-state index in [9.17, 15) is 4.79 Å². The molecule has 9 heteroatoms. The molecule has 1 N–H and O–H groups in total. The first kappa shape index (κ1) is 22.6. The number of nitrogens with zero attached hydrogens (tertiary/aromatic N) is 4. The number of carbonyl (C=O) groups excluding carboxylic acids is 1. The van der Waals surface area contributed by atoms with Gasteiger partial charge in [-0.1, -0.05) is 6.07 Å².